The molecule has 0 aliphatic rings. The Morgan fingerprint density at radius 1 is 1.57 bits per heavy atom. The van der Waals surface area contributed by atoms with Gasteiger partial charge < -0.3 is 4.74 Å². The van der Waals surface area contributed by atoms with Crippen LogP contribution in [0.2, 0.25) is 0 Å². The Labute approximate surface area is 101 Å². The van der Waals surface area contributed by atoms with Gasteiger partial charge in [-0.1, -0.05) is 5.57 Å². The van der Waals surface area contributed by atoms with Crippen molar-refractivity contribution in [1.82, 2.24) is 4.98 Å². The molecule has 0 saturated heterocycles. The number of halogens is 2. The van der Waals surface area contributed by atoms with Crippen LogP contribution in [0.1, 0.15) is 13.3 Å². The Morgan fingerprint density at radius 3 is 2.86 bits per heavy atom. The molecule has 0 fully saturated rings. The molecule has 4 heteroatoms. The number of rotatable bonds is 4. The van der Waals surface area contributed by atoms with Gasteiger partial charge in [-0.25, -0.2) is 4.98 Å². The van der Waals surface area contributed by atoms with Crippen molar-refractivity contribution >= 4 is 31.9 Å². The lowest BCUT2D eigenvalue weighted by Gasteiger charge is -2.06. The Hall–Kier alpha value is -0.350. The molecular weight excluding hydrogens is 310 g/mol. The summed E-state index contributed by atoms with van der Waals surface area (Å²) in [4.78, 5) is 4.13. The molecule has 0 amide bonds. The zero-order valence-corrected chi connectivity index (χ0v) is 11.1. The van der Waals surface area contributed by atoms with Gasteiger partial charge in [0, 0.05) is 17.1 Å². The molecule has 1 aromatic heterocycles. The molecule has 0 N–H and O–H groups in total. The average molecular weight is 321 g/mol. The van der Waals surface area contributed by atoms with Gasteiger partial charge in [-0.3, -0.25) is 0 Å². The minimum atomic E-state index is 0.614. The number of hydrogen-bond donors (Lipinski definition) is 0. The maximum atomic E-state index is 5.46. The van der Waals surface area contributed by atoms with Crippen molar-refractivity contribution in [3.8, 4) is 5.88 Å². The lowest BCUT2D eigenvalue weighted by Crippen LogP contribution is -1.99. The van der Waals surface area contributed by atoms with E-state index in [1.54, 1.807) is 6.20 Å². The predicted molar refractivity (Wildman–Crippen MR) is 64.6 cm³/mol. The lowest BCUT2D eigenvalue weighted by atomic mass is 10.3. The zero-order chi connectivity index (χ0) is 10.6. The van der Waals surface area contributed by atoms with Crippen LogP contribution in [-0.2, 0) is 0 Å². The minimum absolute atomic E-state index is 0.614. The van der Waals surface area contributed by atoms with Crippen molar-refractivity contribution in [2.45, 2.75) is 13.3 Å². The Kier molecular flexibility index (Phi) is 4.62. The molecule has 0 atom stereocenters. The third-order valence-electron chi connectivity index (χ3n) is 1.54. The zero-order valence-electron chi connectivity index (χ0n) is 7.89. The molecule has 2 nitrogen and oxygen atoms in total. The molecule has 0 spiro atoms. The third-order valence-corrected chi connectivity index (χ3v) is 2.54. The van der Waals surface area contributed by atoms with Gasteiger partial charge in [-0.2, -0.15) is 0 Å². The summed E-state index contributed by atoms with van der Waals surface area (Å²) in [6, 6.07) is 1.91. The SMILES string of the molecule is C=C(C)CCOc1ncc(Br)cc1Br. The van der Waals surface area contributed by atoms with Crippen LogP contribution in [0, 0.1) is 0 Å². The molecule has 0 aliphatic carbocycles. The number of pyridine rings is 1. The predicted octanol–water partition coefficient (Wildman–Crippen LogP) is 3.95. The van der Waals surface area contributed by atoms with Gasteiger partial charge >= 0.3 is 0 Å². The fraction of sp³-hybridized carbons (Fsp3) is 0.300. The molecule has 1 rings (SSSR count). The smallest absolute Gasteiger partial charge is 0.228 e. The van der Waals surface area contributed by atoms with Crippen molar-refractivity contribution in [2.24, 2.45) is 0 Å². The molecule has 0 aromatic carbocycles. The third kappa shape index (κ3) is 3.80. The molecule has 0 saturated carbocycles. The van der Waals surface area contributed by atoms with Crippen LogP contribution in [0.15, 0.2) is 33.4 Å². The standard InChI is InChI=1S/C10H11Br2NO/c1-7(2)3-4-14-10-9(12)5-8(11)6-13-10/h5-6H,1,3-4H2,2H3. The van der Waals surface area contributed by atoms with Crippen molar-refractivity contribution in [2.75, 3.05) is 6.61 Å². The molecule has 0 radical (unpaired) electrons. The highest BCUT2D eigenvalue weighted by molar-refractivity contribution is 9.11. The van der Waals surface area contributed by atoms with Crippen LogP contribution in [0.4, 0.5) is 0 Å². The van der Waals surface area contributed by atoms with Crippen LogP contribution >= 0.6 is 31.9 Å². The summed E-state index contributed by atoms with van der Waals surface area (Å²) in [5, 5.41) is 0. The van der Waals surface area contributed by atoms with Crippen LogP contribution < -0.4 is 4.74 Å². The van der Waals surface area contributed by atoms with Crippen molar-refractivity contribution < 1.29 is 4.74 Å². The highest BCUT2D eigenvalue weighted by atomic mass is 79.9. The molecule has 0 aliphatic heterocycles. The summed E-state index contributed by atoms with van der Waals surface area (Å²) in [5.74, 6) is 0.620. The molecule has 1 aromatic rings. The van der Waals surface area contributed by atoms with E-state index in [0.717, 1.165) is 20.9 Å². The van der Waals surface area contributed by atoms with E-state index < -0.39 is 0 Å². The molecule has 76 valence electrons. The van der Waals surface area contributed by atoms with E-state index in [0.29, 0.717) is 12.5 Å². The summed E-state index contributed by atoms with van der Waals surface area (Å²) in [6.07, 6.45) is 2.56. The minimum Gasteiger partial charge on any atom is -0.477 e. The summed E-state index contributed by atoms with van der Waals surface area (Å²) in [6.45, 7) is 6.40. The first-order valence-electron chi connectivity index (χ1n) is 4.18. The Bertz CT molecular complexity index is 339. The van der Waals surface area contributed by atoms with Crippen molar-refractivity contribution in [3.05, 3.63) is 33.4 Å². The summed E-state index contributed by atoms with van der Waals surface area (Å²) in [7, 11) is 0. The topological polar surface area (TPSA) is 22.1 Å². The van der Waals surface area contributed by atoms with E-state index in [-0.39, 0.29) is 0 Å². The molecular formula is C10H11Br2NO. The number of nitrogens with zero attached hydrogens (tertiary/aromatic N) is 1. The Balaban J connectivity index is 2.55. The quantitative estimate of drug-likeness (QED) is 0.784. The molecule has 1 heterocycles. The molecule has 0 unspecified atom stereocenters. The second-order valence-electron chi connectivity index (χ2n) is 3.00. The van der Waals surface area contributed by atoms with Crippen molar-refractivity contribution in [1.29, 1.82) is 0 Å². The second kappa shape index (κ2) is 5.51. The largest absolute Gasteiger partial charge is 0.477 e. The van der Waals surface area contributed by atoms with E-state index in [1.807, 2.05) is 13.0 Å². The van der Waals surface area contributed by atoms with Crippen LogP contribution in [-0.4, -0.2) is 11.6 Å². The van der Waals surface area contributed by atoms with E-state index in [9.17, 15) is 0 Å². The molecule has 14 heavy (non-hydrogen) atoms. The average Bonchev–Trinajstić information content (AvgIpc) is 2.08. The second-order valence-corrected chi connectivity index (χ2v) is 4.77. The van der Waals surface area contributed by atoms with E-state index >= 15 is 0 Å². The molecule has 0 bridgehead atoms. The highest BCUT2D eigenvalue weighted by Gasteiger charge is 2.02. The first-order valence-corrected chi connectivity index (χ1v) is 5.76. The Morgan fingerprint density at radius 2 is 2.29 bits per heavy atom. The van der Waals surface area contributed by atoms with Gasteiger partial charge in [0.1, 0.15) is 0 Å². The number of hydrogen-bond acceptors (Lipinski definition) is 2. The van der Waals surface area contributed by atoms with Crippen molar-refractivity contribution in [3.63, 3.8) is 0 Å². The summed E-state index contributed by atoms with van der Waals surface area (Å²) >= 11 is 6.70. The van der Waals surface area contributed by atoms with E-state index in [4.69, 9.17) is 4.74 Å². The van der Waals surface area contributed by atoms with Gasteiger partial charge in [0.2, 0.25) is 5.88 Å². The van der Waals surface area contributed by atoms with Crippen LogP contribution in [0.5, 0.6) is 5.88 Å². The monoisotopic (exact) mass is 319 g/mol. The maximum absolute atomic E-state index is 5.46. The van der Waals surface area contributed by atoms with Gasteiger partial charge in [0.25, 0.3) is 0 Å². The van der Waals surface area contributed by atoms with Gasteiger partial charge in [0.05, 0.1) is 11.1 Å². The van der Waals surface area contributed by atoms with E-state index in [2.05, 4.69) is 43.4 Å². The lowest BCUT2D eigenvalue weighted by molar-refractivity contribution is 0.307. The fourth-order valence-corrected chi connectivity index (χ4v) is 1.93. The normalized spacial score (nSPS) is 9.93. The van der Waals surface area contributed by atoms with Crippen LogP contribution in [0.25, 0.3) is 0 Å². The first kappa shape index (κ1) is 11.7. The summed E-state index contributed by atoms with van der Waals surface area (Å²) in [5.41, 5.74) is 1.11. The highest BCUT2D eigenvalue weighted by Crippen LogP contribution is 2.25. The van der Waals surface area contributed by atoms with Gasteiger partial charge in [-0.15, -0.1) is 6.58 Å². The van der Waals surface area contributed by atoms with Gasteiger partial charge in [0.15, 0.2) is 0 Å². The van der Waals surface area contributed by atoms with Crippen LogP contribution in [0.3, 0.4) is 0 Å². The van der Waals surface area contributed by atoms with E-state index in [1.165, 1.54) is 0 Å². The number of ether oxygens (including phenoxy) is 1. The maximum Gasteiger partial charge on any atom is 0.228 e. The first-order chi connectivity index (χ1) is 6.59. The summed E-state index contributed by atoms with van der Waals surface area (Å²) < 4.78 is 7.25. The number of aromatic nitrogens is 1. The fourth-order valence-electron chi connectivity index (χ4n) is 0.830. The van der Waals surface area contributed by atoms with Gasteiger partial charge in [-0.05, 0) is 44.8 Å².